The molecule has 0 radical (unpaired) electrons. The van der Waals surface area contributed by atoms with Crippen molar-refractivity contribution in [1.29, 1.82) is 0 Å². The van der Waals surface area contributed by atoms with Gasteiger partial charge in [-0.05, 0) is 29.2 Å². The molecule has 1 atom stereocenters. The van der Waals surface area contributed by atoms with Gasteiger partial charge in [0.1, 0.15) is 0 Å². The Morgan fingerprint density at radius 3 is 2.53 bits per heavy atom. The molecular weight excluding hydrogens is 230 g/mol. The second-order valence-corrected chi connectivity index (χ2v) is 4.69. The Morgan fingerprint density at radius 2 is 1.71 bits per heavy atom. The molecule has 2 aromatic carbocycles. The zero-order valence-electron chi connectivity index (χ0n) is 9.49. The number of para-hydroxylation sites is 1. The SMILES string of the molecule is ClCC1Nc2ccccc2Cc2ccccc21. The molecular formula is C15H14ClN. The first-order chi connectivity index (χ1) is 8.38. The van der Waals surface area contributed by atoms with Gasteiger partial charge in [0.05, 0.1) is 6.04 Å². The summed E-state index contributed by atoms with van der Waals surface area (Å²) in [4.78, 5) is 0. The smallest absolute Gasteiger partial charge is 0.0652 e. The van der Waals surface area contributed by atoms with Crippen molar-refractivity contribution < 1.29 is 0 Å². The first-order valence-corrected chi connectivity index (χ1v) is 6.40. The summed E-state index contributed by atoms with van der Waals surface area (Å²) in [7, 11) is 0. The van der Waals surface area contributed by atoms with Crippen molar-refractivity contribution in [2.45, 2.75) is 12.5 Å². The third-order valence-electron chi connectivity index (χ3n) is 3.31. The average molecular weight is 244 g/mol. The number of alkyl halides is 1. The highest BCUT2D eigenvalue weighted by Gasteiger charge is 2.19. The van der Waals surface area contributed by atoms with E-state index in [2.05, 4.69) is 53.8 Å². The van der Waals surface area contributed by atoms with Gasteiger partial charge in [0.25, 0.3) is 0 Å². The Bertz CT molecular complexity index is 536. The molecule has 0 saturated heterocycles. The van der Waals surface area contributed by atoms with Crippen LogP contribution in [-0.2, 0) is 6.42 Å². The normalized spacial score (nSPS) is 17.6. The van der Waals surface area contributed by atoms with Crippen LogP contribution in [0.25, 0.3) is 0 Å². The summed E-state index contributed by atoms with van der Waals surface area (Å²) in [6.45, 7) is 0. The quantitative estimate of drug-likeness (QED) is 0.747. The van der Waals surface area contributed by atoms with Crippen molar-refractivity contribution in [3.8, 4) is 0 Å². The van der Waals surface area contributed by atoms with E-state index in [9.17, 15) is 0 Å². The van der Waals surface area contributed by atoms with E-state index < -0.39 is 0 Å². The van der Waals surface area contributed by atoms with Crippen molar-refractivity contribution >= 4 is 17.3 Å². The zero-order valence-corrected chi connectivity index (χ0v) is 10.2. The minimum absolute atomic E-state index is 0.205. The number of hydrogen-bond acceptors (Lipinski definition) is 1. The van der Waals surface area contributed by atoms with Crippen LogP contribution < -0.4 is 5.32 Å². The fourth-order valence-electron chi connectivity index (χ4n) is 2.44. The number of anilines is 1. The van der Waals surface area contributed by atoms with E-state index in [1.165, 1.54) is 22.4 Å². The summed E-state index contributed by atoms with van der Waals surface area (Å²) in [5, 5.41) is 3.53. The van der Waals surface area contributed by atoms with Gasteiger partial charge < -0.3 is 5.32 Å². The van der Waals surface area contributed by atoms with Crippen LogP contribution in [0.2, 0.25) is 0 Å². The van der Waals surface area contributed by atoms with Crippen LogP contribution in [-0.4, -0.2) is 5.88 Å². The number of fused-ring (bicyclic) bond motifs is 2. The lowest BCUT2D eigenvalue weighted by atomic mass is 9.98. The topological polar surface area (TPSA) is 12.0 Å². The Labute approximate surface area is 106 Å². The fourth-order valence-corrected chi connectivity index (χ4v) is 2.69. The zero-order chi connectivity index (χ0) is 11.7. The van der Waals surface area contributed by atoms with Gasteiger partial charge in [0.2, 0.25) is 0 Å². The molecule has 0 aromatic heterocycles. The van der Waals surface area contributed by atoms with Crippen molar-refractivity contribution in [1.82, 2.24) is 0 Å². The van der Waals surface area contributed by atoms with Crippen molar-refractivity contribution in [2.75, 3.05) is 11.2 Å². The number of halogens is 1. The molecule has 1 aliphatic rings. The van der Waals surface area contributed by atoms with E-state index in [1.54, 1.807) is 0 Å². The summed E-state index contributed by atoms with van der Waals surface area (Å²) < 4.78 is 0. The van der Waals surface area contributed by atoms with Gasteiger partial charge in [-0.2, -0.15) is 0 Å². The predicted octanol–water partition coefficient (Wildman–Crippen LogP) is 3.98. The van der Waals surface area contributed by atoms with E-state index in [1.807, 2.05) is 0 Å². The molecule has 1 N–H and O–H groups in total. The van der Waals surface area contributed by atoms with E-state index in [0.717, 1.165) is 6.42 Å². The molecule has 0 saturated carbocycles. The summed E-state index contributed by atoms with van der Waals surface area (Å²) in [5.74, 6) is 0.589. The molecule has 0 fully saturated rings. The van der Waals surface area contributed by atoms with Crippen LogP contribution in [0.1, 0.15) is 22.7 Å². The molecule has 1 aliphatic heterocycles. The molecule has 0 amide bonds. The van der Waals surface area contributed by atoms with Crippen LogP contribution in [0.4, 0.5) is 5.69 Å². The Balaban J connectivity index is 2.13. The lowest BCUT2D eigenvalue weighted by molar-refractivity contribution is 0.889. The van der Waals surface area contributed by atoms with Gasteiger partial charge >= 0.3 is 0 Å². The highest BCUT2D eigenvalue weighted by atomic mass is 35.5. The van der Waals surface area contributed by atoms with E-state index >= 15 is 0 Å². The largest absolute Gasteiger partial charge is 0.377 e. The molecule has 2 aromatic rings. The molecule has 1 nitrogen and oxygen atoms in total. The molecule has 0 aliphatic carbocycles. The molecule has 1 heterocycles. The number of hydrogen-bond donors (Lipinski definition) is 1. The number of nitrogens with one attached hydrogen (secondary N) is 1. The summed E-state index contributed by atoms with van der Waals surface area (Å²) in [6, 6.07) is 17.2. The van der Waals surface area contributed by atoms with Gasteiger partial charge in [-0.3, -0.25) is 0 Å². The Kier molecular flexibility index (Phi) is 2.77. The van der Waals surface area contributed by atoms with Gasteiger partial charge in [0, 0.05) is 11.6 Å². The number of rotatable bonds is 1. The second-order valence-electron chi connectivity index (χ2n) is 4.38. The number of benzene rings is 2. The molecule has 1 unspecified atom stereocenters. The minimum Gasteiger partial charge on any atom is -0.377 e. The van der Waals surface area contributed by atoms with Gasteiger partial charge in [0.15, 0.2) is 0 Å². The summed E-state index contributed by atoms with van der Waals surface area (Å²) >= 11 is 6.08. The molecule has 17 heavy (non-hydrogen) atoms. The summed E-state index contributed by atoms with van der Waals surface area (Å²) in [6.07, 6.45) is 0.979. The van der Waals surface area contributed by atoms with Crippen LogP contribution in [0, 0.1) is 0 Å². The van der Waals surface area contributed by atoms with Gasteiger partial charge in [-0.15, -0.1) is 11.6 Å². The Hall–Kier alpha value is -1.47. The Morgan fingerprint density at radius 1 is 1.00 bits per heavy atom. The maximum Gasteiger partial charge on any atom is 0.0652 e. The minimum atomic E-state index is 0.205. The lowest BCUT2D eigenvalue weighted by Crippen LogP contribution is -2.12. The monoisotopic (exact) mass is 243 g/mol. The maximum atomic E-state index is 6.08. The molecule has 2 heteroatoms. The van der Waals surface area contributed by atoms with Gasteiger partial charge in [-0.1, -0.05) is 42.5 Å². The molecule has 86 valence electrons. The highest BCUT2D eigenvalue weighted by Crippen LogP contribution is 2.32. The van der Waals surface area contributed by atoms with E-state index in [-0.39, 0.29) is 6.04 Å². The highest BCUT2D eigenvalue weighted by molar-refractivity contribution is 6.18. The van der Waals surface area contributed by atoms with Crippen molar-refractivity contribution in [2.24, 2.45) is 0 Å². The van der Waals surface area contributed by atoms with Gasteiger partial charge in [-0.25, -0.2) is 0 Å². The third kappa shape index (κ3) is 1.91. The maximum absolute atomic E-state index is 6.08. The lowest BCUT2D eigenvalue weighted by Gasteiger charge is -2.17. The van der Waals surface area contributed by atoms with Crippen LogP contribution >= 0.6 is 11.6 Å². The molecule has 0 bridgehead atoms. The first-order valence-electron chi connectivity index (χ1n) is 5.86. The summed E-state index contributed by atoms with van der Waals surface area (Å²) in [5.41, 5.74) is 5.23. The van der Waals surface area contributed by atoms with Crippen LogP contribution in [0.5, 0.6) is 0 Å². The molecule has 3 rings (SSSR count). The fraction of sp³-hybridized carbons (Fsp3) is 0.200. The van der Waals surface area contributed by atoms with Crippen molar-refractivity contribution in [3.63, 3.8) is 0 Å². The van der Waals surface area contributed by atoms with Crippen LogP contribution in [0.15, 0.2) is 48.5 Å². The average Bonchev–Trinajstić information content (AvgIpc) is 2.54. The predicted molar refractivity (Wildman–Crippen MR) is 72.8 cm³/mol. The second kappa shape index (κ2) is 4.42. The standard InChI is InChI=1S/C15H14ClN/c16-10-15-13-7-3-1-5-11(13)9-12-6-2-4-8-14(12)17-15/h1-8,15,17H,9-10H2. The molecule has 0 spiro atoms. The van der Waals surface area contributed by atoms with E-state index in [0.29, 0.717) is 5.88 Å². The third-order valence-corrected chi connectivity index (χ3v) is 3.62. The van der Waals surface area contributed by atoms with E-state index in [4.69, 9.17) is 11.6 Å². The van der Waals surface area contributed by atoms with Crippen molar-refractivity contribution in [3.05, 3.63) is 65.2 Å². The first kappa shape index (κ1) is 10.7. The van der Waals surface area contributed by atoms with Crippen LogP contribution in [0.3, 0.4) is 0 Å².